The van der Waals surface area contributed by atoms with Gasteiger partial charge < -0.3 is 4.90 Å². The molecule has 0 saturated carbocycles. The van der Waals surface area contributed by atoms with Gasteiger partial charge in [0.15, 0.2) is 0 Å². The molecule has 1 aliphatic heterocycles. The highest BCUT2D eigenvalue weighted by atomic mass is 32.2. The first-order valence-corrected chi connectivity index (χ1v) is 11.5. The molecule has 0 radical (unpaired) electrons. The van der Waals surface area contributed by atoms with Gasteiger partial charge in [0.2, 0.25) is 10.0 Å². The van der Waals surface area contributed by atoms with Crippen LogP contribution in [0.4, 0.5) is 5.69 Å². The van der Waals surface area contributed by atoms with Gasteiger partial charge in [-0.15, -0.1) is 0 Å². The van der Waals surface area contributed by atoms with E-state index in [1.807, 2.05) is 18.2 Å². The Balaban J connectivity index is 1.45. The topological polar surface area (TPSA) is 101 Å². The van der Waals surface area contributed by atoms with Crippen molar-refractivity contribution in [3.8, 4) is 0 Å². The second-order valence-electron chi connectivity index (χ2n) is 7.64. The number of hydrogen-bond acceptors (Lipinski definition) is 5. The highest BCUT2D eigenvalue weighted by Crippen LogP contribution is 2.25. The Kier molecular flexibility index (Phi) is 5.57. The molecular formula is C21H23N3O5S. The van der Waals surface area contributed by atoms with E-state index in [9.17, 15) is 23.3 Å². The summed E-state index contributed by atoms with van der Waals surface area (Å²) in [6.07, 6.45) is 4.36. The van der Waals surface area contributed by atoms with Crippen molar-refractivity contribution in [3.63, 3.8) is 0 Å². The summed E-state index contributed by atoms with van der Waals surface area (Å²) >= 11 is 0. The van der Waals surface area contributed by atoms with E-state index in [-0.39, 0.29) is 42.7 Å². The number of amides is 1. The van der Waals surface area contributed by atoms with Crippen molar-refractivity contribution in [1.82, 2.24) is 9.21 Å². The molecule has 9 heteroatoms. The average molecular weight is 429 g/mol. The molecule has 0 spiro atoms. The van der Waals surface area contributed by atoms with Gasteiger partial charge >= 0.3 is 0 Å². The summed E-state index contributed by atoms with van der Waals surface area (Å²) in [4.78, 5) is 24.8. The van der Waals surface area contributed by atoms with Gasteiger partial charge in [0.1, 0.15) is 0 Å². The third kappa shape index (κ3) is 3.95. The Morgan fingerprint density at radius 3 is 2.33 bits per heavy atom. The molecule has 158 valence electrons. The summed E-state index contributed by atoms with van der Waals surface area (Å²) in [5.74, 6) is -0.0872. The van der Waals surface area contributed by atoms with E-state index in [1.54, 1.807) is 4.90 Å². The molecule has 1 aliphatic carbocycles. The maximum Gasteiger partial charge on any atom is 0.270 e. The number of non-ortho nitro benzene ring substituents is 1. The number of carbonyl (C=O) groups excluding carboxylic acids is 1. The van der Waals surface area contributed by atoms with Crippen LogP contribution >= 0.6 is 0 Å². The fourth-order valence-corrected chi connectivity index (χ4v) is 5.55. The lowest BCUT2D eigenvalue weighted by Crippen LogP contribution is -2.50. The molecule has 0 bridgehead atoms. The lowest BCUT2D eigenvalue weighted by molar-refractivity contribution is -0.385. The van der Waals surface area contributed by atoms with Crippen molar-refractivity contribution in [2.24, 2.45) is 0 Å². The van der Waals surface area contributed by atoms with Crippen LogP contribution < -0.4 is 0 Å². The fourth-order valence-electron chi connectivity index (χ4n) is 4.09. The number of sulfonamides is 1. The Morgan fingerprint density at radius 1 is 0.933 bits per heavy atom. The molecule has 30 heavy (non-hydrogen) atoms. The number of fused-ring (bicyclic) bond motifs is 1. The minimum atomic E-state index is -3.85. The van der Waals surface area contributed by atoms with Crippen LogP contribution in [0.3, 0.4) is 0 Å². The second-order valence-corrected chi connectivity index (χ2v) is 9.58. The zero-order chi connectivity index (χ0) is 21.3. The minimum Gasteiger partial charge on any atom is -0.336 e. The zero-order valence-corrected chi connectivity index (χ0v) is 17.3. The van der Waals surface area contributed by atoms with E-state index in [0.717, 1.165) is 25.3 Å². The molecule has 4 rings (SSSR count). The number of piperazine rings is 1. The van der Waals surface area contributed by atoms with Gasteiger partial charge in [0.25, 0.3) is 11.6 Å². The molecule has 0 atom stereocenters. The Labute approximate surface area is 175 Å². The van der Waals surface area contributed by atoms with Crippen LogP contribution in [0.2, 0.25) is 0 Å². The lowest BCUT2D eigenvalue weighted by Gasteiger charge is -2.34. The lowest BCUT2D eigenvalue weighted by atomic mass is 9.90. The summed E-state index contributed by atoms with van der Waals surface area (Å²) in [6, 6.07) is 10.9. The molecule has 2 aromatic carbocycles. The highest BCUT2D eigenvalue weighted by Gasteiger charge is 2.31. The predicted molar refractivity (Wildman–Crippen MR) is 111 cm³/mol. The van der Waals surface area contributed by atoms with Gasteiger partial charge in [-0.25, -0.2) is 8.42 Å². The van der Waals surface area contributed by atoms with Crippen LogP contribution in [0, 0.1) is 10.1 Å². The summed E-state index contributed by atoms with van der Waals surface area (Å²) in [5.41, 5.74) is 2.92. The minimum absolute atomic E-state index is 0.0872. The van der Waals surface area contributed by atoms with E-state index < -0.39 is 14.9 Å². The van der Waals surface area contributed by atoms with Gasteiger partial charge in [0, 0.05) is 43.9 Å². The molecule has 2 aromatic rings. The number of nitrogens with zero attached hydrogens (tertiary/aromatic N) is 3. The first kappa shape index (κ1) is 20.5. The molecular weight excluding hydrogens is 406 g/mol. The second kappa shape index (κ2) is 8.16. The molecule has 0 N–H and O–H groups in total. The normalized spacial score (nSPS) is 17.4. The zero-order valence-electron chi connectivity index (χ0n) is 16.5. The largest absolute Gasteiger partial charge is 0.336 e. The van der Waals surface area contributed by atoms with Gasteiger partial charge in [0.05, 0.1) is 9.82 Å². The number of nitro benzene ring substituents is 1. The van der Waals surface area contributed by atoms with Crippen molar-refractivity contribution < 1.29 is 18.1 Å². The third-order valence-corrected chi connectivity index (χ3v) is 7.68. The molecule has 1 amide bonds. The molecule has 2 aliphatic rings. The molecule has 1 saturated heterocycles. The van der Waals surface area contributed by atoms with Crippen LogP contribution in [0.5, 0.6) is 0 Å². The highest BCUT2D eigenvalue weighted by molar-refractivity contribution is 7.89. The van der Waals surface area contributed by atoms with E-state index in [2.05, 4.69) is 0 Å². The molecule has 1 fully saturated rings. The van der Waals surface area contributed by atoms with E-state index in [0.29, 0.717) is 5.56 Å². The Bertz CT molecular complexity index is 1090. The number of carbonyl (C=O) groups is 1. The number of benzene rings is 2. The number of aryl methyl sites for hydroxylation is 2. The van der Waals surface area contributed by atoms with Crippen LogP contribution in [-0.4, -0.2) is 54.6 Å². The molecule has 0 aromatic heterocycles. The van der Waals surface area contributed by atoms with Gasteiger partial charge in [-0.3, -0.25) is 14.9 Å². The smallest absolute Gasteiger partial charge is 0.270 e. The van der Waals surface area contributed by atoms with Gasteiger partial charge in [-0.05, 0) is 55.0 Å². The Hall–Kier alpha value is -2.78. The predicted octanol–water partition coefficient (Wildman–Crippen LogP) is 2.62. The molecule has 0 unspecified atom stereocenters. The van der Waals surface area contributed by atoms with Crippen LogP contribution in [0.15, 0.2) is 47.4 Å². The van der Waals surface area contributed by atoms with Crippen molar-refractivity contribution >= 4 is 21.6 Å². The maximum absolute atomic E-state index is 12.9. The fraction of sp³-hybridized carbons (Fsp3) is 0.381. The first-order chi connectivity index (χ1) is 14.4. The third-order valence-electron chi connectivity index (χ3n) is 5.79. The van der Waals surface area contributed by atoms with Gasteiger partial charge in [-0.2, -0.15) is 4.31 Å². The van der Waals surface area contributed by atoms with Crippen molar-refractivity contribution in [2.45, 2.75) is 30.6 Å². The van der Waals surface area contributed by atoms with Crippen molar-refractivity contribution in [1.29, 1.82) is 0 Å². The number of nitro groups is 1. The number of hydrogen-bond donors (Lipinski definition) is 0. The summed E-state index contributed by atoms with van der Waals surface area (Å²) in [6.45, 7) is 0.873. The summed E-state index contributed by atoms with van der Waals surface area (Å²) < 4.78 is 27.0. The van der Waals surface area contributed by atoms with Crippen molar-refractivity contribution in [3.05, 3.63) is 69.3 Å². The number of rotatable bonds is 4. The standard InChI is InChI=1S/C21H23N3O5S/c25-21(18-9-8-16-4-1-2-5-17(16)14-18)22-10-12-23(13-11-22)30(28,29)20-7-3-6-19(15-20)24(26)27/h3,6-9,14-15H,1-2,4-5,10-13H2. The quantitative estimate of drug-likeness (QED) is 0.549. The van der Waals surface area contributed by atoms with Gasteiger partial charge in [-0.1, -0.05) is 12.1 Å². The monoisotopic (exact) mass is 429 g/mol. The van der Waals surface area contributed by atoms with Crippen LogP contribution in [-0.2, 0) is 22.9 Å². The molecule has 8 nitrogen and oxygen atoms in total. The van der Waals surface area contributed by atoms with Crippen molar-refractivity contribution in [2.75, 3.05) is 26.2 Å². The van der Waals surface area contributed by atoms with Crippen LogP contribution in [0.1, 0.15) is 34.3 Å². The van der Waals surface area contributed by atoms with Crippen LogP contribution in [0.25, 0.3) is 0 Å². The van der Waals surface area contributed by atoms with E-state index in [1.165, 1.54) is 40.1 Å². The summed E-state index contributed by atoms with van der Waals surface area (Å²) in [5, 5.41) is 11.0. The summed E-state index contributed by atoms with van der Waals surface area (Å²) in [7, 11) is -3.85. The SMILES string of the molecule is O=C(c1ccc2c(c1)CCCC2)N1CCN(S(=O)(=O)c2cccc([N+](=O)[O-])c2)CC1. The average Bonchev–Trinajstić information content (AvgIpc) is 2.78. The maximum atomic E-state index is 12.9. The van der Waals surface area contributed by atoms with E-state index in [4.69, 9.17) is 0 Å². The van der Waals surface area contributed by atoms with E-state index >= 15 is 0 Å². The Morgan fingerprint density at radius 2 is 1.63 bits per heavy atom. The molecule has 1 heterocycles. The first-order valence-electron chi connectivity index (χ1n) is 10.0.